The topological polar surface area (TPSA) is 68.0 Å². The molecule has 0 saturated heterocycles. The zero-order valence-corrected chi connectivity index (χ0v) is 11.4. The highest BCUT2D eigenvalue weighted by atomic mass is 79.9. The third-order valence-corrected chi connectivity index (χ3v) is 3.39. The van der Waals surface area contributed by atoms with Gasteiger partial charge in [0, 0.05) is 16.2 Å². The first-order valence-electron chi connectivity index (χ1n) is 5.35. The first-order valence-corrected chi connectivity index (χ1v) is 6.14. The van der Waals surface area contributed by atoms with E-state index in [1.54, 1.807) is 24.4 Å². The summed E-state index contributed by atoms with van der Waals surface area (Å²) < 4.78 is 0.901. The highest BCUT2D eigenvalue weighted by molar-refractivity contribution is 9.10. The van der Waals surface area contributed by atoms with Crippen LogP contribution in [0.3, 0.4) is 0 Å². The number of hydrogen-bond acceptors (Lipinski definition) is 3. The smallest absolute Gasteiger partial charge is 0.255 e. The second-order valence-electron chi connectivity index (χ2n) is 3.88. The Balaban J connectivity index is 2.22. The largest absolute Gasteiger partial charge is 0.396 e. The Morgan fingerprint density at radius 1 is 1.39 bits per heavy atom. The number of aromatic nitrogens is 1. The van der Waals surface area contributed by atoms with E-state index in [4.69, 9.17) is 5.73 Å². The van der Waals surface area contributed by atoms with Crippen LogP contribution in [-0.4, -0.2) is 10.9 Å². The van der Waals surface area contributed by atoms with Gasteiger partial charge in [-0.15, -0.1) is 0 Å². The lowest BCUT2D eigenvalue weighted by Gasteiger charge is -2.08. The molecule has 3 N–H and O–H groups in total. The molecule has 18 heavy (non-hydrogen) atoms. The lowest BCUT2D eigenvalue weighted by Crippen LogP contribution is -2.13. The number of carbonyl (C=O) groups is 1. The number of nitrogens with one attached hydrogen (secondary N) is 1. The van der Waals surface area contributed by atoms with Crippen LogP contribution in [0.1, 0.15) is 15.9 Å². The van der Waals surface area contributed by atoms with Crippen LogP contribution in [-0.2, 0) is 0 Å². The van der Waals surface area contributed by atoms with Gasteiger partial charge < -0.3 is 11.1 Å². The van der Waals surface area contributed by atoms with Crippen LogP contribution in [0, 0.1) is 6.92 Å². The summed E-state index contributed by atoms with van der Waals surface area (Å²) in [5.74, 6) is -0.200. The van der Waals surface area contributed by atoms with Crippen molar-refractivity contribution in [2.45, 2.75) is 6.92 Å². The van der Waals surface area contributed by atoms with E-state index in [1.165, 1.54) is 6.20 Å². The van der Waals surface area contributed by atoms with Crippen LogP contribution in [0.15, 0.2) is 41.1 Å². The van der Waals surface area contributed by atoms with E-state index >= 15 is 0 Å². The molecular weight excluding hydrogens is 294 g/mol. The first kappa shape index (κ1) is 12.6. The minimum atomic E-state index is -0.200. The van der Waals surface area contributed by atoms with Crippen molar-refractivity contribution in [3.8, 4) is 0 Å². The number of anilines is 2. The molecule has 0 radical (unpaired) electrons. The summed E-state index contributed by atoms with van der Waals surface area (Å²) in [6.07, 6.45) is 3.08. The Hall–Kier alpha value is -1.88. The molecule has 2 rings (SSSR count). The predicted octanol–water partition coefficient (Wildman–Crippen LogP) is 2.99. The summed E-state index contributed by atoms with van der Waals surface area (Å²) in [4.78, 5) is 15.9. The van der Waals surface area contributed by atoms with Crippen LogP contribution in [0.25, 0.3) is 0 Å². The highest BCUT2D eigenvalue weighted by Crippen LogP contribution is 2.20. The van der Waals surface area contributed by atoms with Crippen LogP contribution in [0.5, 0.6) is 0 Å². The molecular formula is C13H12BrN3O. The third-order valence-electron chi connectivity index (χ3n) is 2.53. The van der Waals surface area contributed by atoms with E-state index in [1.807, 2.05) is 13.0 Å². The van der Waals surface area contributed by atoms with Gasteiger partial charge in [0.25, 0.3) is 5.91 Å². The first-order chi connectivity index (χ1) is 8.58. The number of nitrogen functional groups attached to an aromatic ring is 1. The number of aryl methyl sites for hydroxylation is 1. The van der Waals surface area contributed by atoms with Crippen molar-refractivity contribution in [1.82, 2.24) is 4.98 Å². The van der Waals surface area contributed by atoms with Crippen molar-refractivity contribution in [3.63, 3.8) is 0 Å². The van der Waals surface area contributed by atoms with E-state index in [-0.39, 0.29) is 5.91 Å². The van der Waals surface area contributed by atoms with Crippen molar-refractivity contribution < 1.29 is 4.79 Å². The summed E-state index contributed by atoms with van der Waals surface area (Å²) in [7, 11) is 0. The maximum Gasteiger partial charge on any atom is 0.255 e. The molecule has 1 aromatic heterocycles. The SMILES string of the molecule is Cc1ccc(C(=O)Nc2ccncc2N)cc1Br. The zero-order valence-electron chi connectivity index (χ0n) is 9.77. The molecule has 0 atom stereocenters. The Morgan fingerprint density at radius 3 is 2.83 bits per heavy atom. The number of halogens is 1. The lowest BCUT2D eigenvalue weighted by atomic mass is 10.1. The molecule has 0 spiro atoms. The van der Waals surface area contributed by atoms with Crippen LogP contribution in [0.2, 0.25) is 0 Å². The molecule has 1 aromatic carbocycles. The Morgan fingerprint density at radius 2 is 2.17 bits per heavy atom. The molecule has 92 valence electrons. The lowest BCUT2D eigenvalue weighted by molar-refractivity contribution is 0.102. The van der Waals surface area contributed by atoms with Crippen molar-refractivity contribution >= 4 is 33.2 Å². The molecule has 0 aliphatic rings. The van der Waals surface area contributed by atoms with Gasteiger partial charge in [0.15, 0.2) is 0 Å². The normalized spacial score (nSPS) is 10.1. The number of amides is 1. The zero-order chi connectivity index (χ0) is 13.1. The molecule has 2 aromatic rings. The van der Waals surface area contributed by atoms with Crippen molar-refractivity contribution in [3.05, 3.63) is 52.3 Å². The molecule has 1 amide bonds. The summed E-state index contributed by atoms with van der Waals surface area (Å²) in [6.45, 7) is 1.96. The second-order valence-corrected chi connectivity index (χ2v) is 4.74. The molecule has 0 fully saturated rings. The average molecular weight is 306 g/mol. The number of hydrogen-bond donors (Lipinski definition) is 2. The van der Waals surface area contributed by atoms with Crippen molar-refractivity contribution in [2.75, 3.05) is 11.1 Å². The number of pyridine rings is 1. The number of nitrogens with two attached hydrogens (primary N) is 1. The number of benzene rings is 1. The van der Waals surface area contributed by atoms with Gasteiger partial charge in [-0.3, -0.25) is 9.78 Å². The van der Waals surface area contributed by atoms with Crippen LogP contribution >= 0.6 is 15.9 Å². The minimum absolute atomic E-state index is 0.200. The maximum atomic E-state index is 12.0. The van der Waals surface area contributed by atoms with Crippen LogP contribution in [0.4, 0.5) is 11.4 Å². The summed E-state index contributed by atoms with van der Waals surface area (Å²) >= 11 is 3.40. The van der Waals surface area contributed by atoms with Gasteiger partial charge >= 0.3 is 0 Å². The molecule has 0 unspecified atom stereocenters. The Kier molecular flexibility index (Phi) is 3.62. The quantitative estimate of drug-likeness (QED) is 0.896. The van der Waals surface area contributed by atoms with Crippen molar-refractivity contribution in [2.24, 2.45) is 0 Å². The number of rotatable bonds is 2. The molecule has 0 aliphatic heterocycles. The minimum Gasteiger partial charge on any atom is -0.396 e. The fourth-order valence-corrected chi connectivity index (χ4v) is 1.83. The van der Waals surface area contributed by atoms with Crippen molar-refractivity contribution in [1.29, 1.82) is 0 Å². The van der Waals surface area contributed by atoms with Gasteiger partial charge in [0.2, 0.25) is 0 Å². The standard InChI is InChI=1S/C13H12BrN3O/c1-8-2-3-9(6-10(8)14)13(18)17-12-4-5-16-7-11(12)15/h2-7H,15H2,1H3,(H,16,17,18). The number of nitrogens with zero attached hydrogens (tertiary/aromatic N) is 1. The fraction of sp³-hybridized carbons (Fsp3) is 0.0769. The summed E-state index contributed by atoms with van der Waals surface area (Å²) in [5.41, 5.74) is 8.37. The highest BCUT2D eigenvalue weighted by Gasteiger charge is 2.09. The van der Waals surface area contributed by atoms with E-state index in [2.05, 4.69) is 26.2 Å². The molecule has 0 aliphatic carbocycles. The molecule has 4 nitrogen and oxygen atoms in total. The maximum absolute atomic E-state index is 12.0. The number of carbonyl (C=O) groups excluding carboxylic acids is 1. The molecule has 0 saturated carbocycles. The predicted molar refractivity (Wildman–Crippen MR) is 75.5 cm³/mol. The third kappa shape index (κ3) is 2.68. The molecule has 1 heterocycles. The second kappa shape index (κ2) is 5.18. The Labute approximate surface area is 113 Å². The van der Waals surface area contributed by atoms with Crippen LogP contribution < -0.4 is 11.1 Å². The van der Waals surface area contributed by atoms with Gasteiger partial charge in [-0.05, 0) is 30.7 Å². The van der Waals surface area contributed by atoms with Gasteiger partial charge in [0.05, 0.1) is 17.6 Å². The molecule has 0 bridgehead atoms. The average Bonchev–Trinajstić information content (AvgIpc) is 2.35. The van der Waals surface area contributed by atoms with E-state index < -0.39 is 0 Å². The monoisotopic (exact) mass is 305 g/mol. The van der Waals surface area contributed by atoms with Gasteiger partial charge in [-0.25, -0.2) is 0 Å². The summed E-state index contributed by atoms with van der Waals surface area (Å²) in [6, 6.07) is 7.10. The van der Waals surface area contributed by atoms with E-state index in [0.717, 1.165) is 10.0 Å². The van der Waals surface area contributed by atoms with Gasteiger partial charge in [-0.1, -0.05) is 22.0 Å². The fourth-order valence-electron chi connectivity index (χ4n) is 1.45. The van der Waals surface area contributed by atoms with Gasteiger partial charge in [0.1, 0.15) is 0 Å². The Bertz CT molecular complexity index is 599. The van der Waals surface area contributed by atoms with E-state index in [0.29, 0.717) is 16.9 Å². The molecule has 5 heteroatoms. The van der Waals surface area contributed by atoms with Gasteiger partial charge in [-0.2, -0.15) is 0 Å². The van der Waals surface area contributed by atoms with E-state index in [9.17, 15) is 4.79 Å². The summed E-state index contributed by atoms with van der Waals surface area (Å²) in [5, 5.41) is 2.75.